The molecule has 0 spiro atoms. The van der Waals surface area contributed by atoms with Crippen LogP contribution in [0.15, 0.2) is 26.6 Å². The van der Waals surface area contributed by atoms with Gasteiger partial charge in [0.1, 0.15) is 17.1 Å². The Hall–Kier alpha value is -3.80. The fourth-order valence-corrected chi connectivity index (χ4v) is 4.45. The van der Waals surface area contributed by atoms with Gasteiger partial charge in [0.2, 0.25) is 17.5 Å². The zero-order valence-electron chi connectivity index (χ0n) is 15.8. The van der Waals surface area contributed by atoms with E-state index >= 15 is 0 Å². The van der Waals surface area contributed by atoms with E-state index in [1.165, 1.54) is 11.8 Å². The van der Waals surface area contributed by atoms with Crippen LogP contribution in [0.5, 0.6) is 0 Å². The normalized spacial score (nSPS) is 20.6. The van der Waals surface area contributed by atoms with Crippen molar-refractivity contribution < 1.29 is 28.7 Å². The molecule has 3 heterocycles. The van der Waals surface area contributed by atoms with Crippen molar-refractivity contribution in [2.75, 3.05) is 18.3 Å². The first kappa shape index (κ1) is 22.9. The predicted molar refractivity (Wildman–Crippen MR) is 112 cm³/mol. The fourth-order valence-electron chi connectivity index (χ4n) is 2.72. The lowest BCUT2D eigenvalue weighted by atomic mass is 10.0. The van der Waals surface area contributed by atoms with Crippen molar-refractivity contribution in [1.82, 2.24) is 19.6 Å². The summed E-state index contributed by atoms with van der Waals surface area (Å²) >= 11 is 1.94. The zero-order valence-corrected chi connectivity index (χ0v) is 17.5. The number of oxime groups is 1. The number of anilines is 1. The van der Waals surface area contributed by atoms with Gasteiger partial charge in [-0.25, -0.2) is 9.18 Å². The highest BCUT2D eigenvalue weighted by atomic mass is 32.2. The van der Waals surface area contributed by atoms with Gasteiger partial charge in [0.15, 0.2) is 5.13 Å². The van der Waals surface area contributed by atoms with Crippen LogP contribution in [0.25, 0.3) is 0 Å². The minimum absolute atomic E-state index is 0.0284. The topological polar surface area (TPSA) is 237 Å². The molecule has 0 aromatic carbocycles. The van der Waals surface area contributed by atoms with Crippen LogP contribution in [-0.4, -0.2) is 79.1 Å². The second-order valence-corrected chi connectivity index (χ2v) is 7.83. The Morgan fingerprint density at radius 2 is 2.19 bits per heavy atom. The lowest BCUT2D eigenvalue weighted by Gasteiger charge is -2.49. The lowest BCUT2D eigenvalue weighted by Crippen LogP contribution is -2.71. The molecule has 0 bridgehead atoms. The minimum Gasteiger partial charge on any atom is -0.477 e. The van der Waals surface area contributed by atoms with E-state index in [0.717, 1.165) is 22.6 Å². The number of hydrogen-bond acceptors (Lipinski definition) is 12. The number of thioether (sulfide) groups is 1. The van der Waals surface area contributed by atoms with Gasteiger partial charge in [-0.2, -0.15) is 14.5 Å². The molecule has 1 aromatic rings. The predicted octanol–water partition coefficient (Wildman–Crippen LogP) is -2.23. The van der Waals surface area contributed by atoms with E-state index in [4.69, 9.17) is 17.2 Å². The summed E-state index contributed by atoms with van der Waals surface area (Å²) in [6, 6.07) is -1.09. The number of nitrogens with zero attached hydrogens (tertiary/aromatic N) is 6. The molecule has 170 valence electrons. The summed E-state index contributed by atoms with van der Waals surface area (Å²) < 4.78 is 16.2. The van der Waals surface area contributed by atoms with E-state index in [1.807, 2.05) is 0 Å². The number of carbonyl (C=O) groups excluding carboxylic acids is 2. The average Bonchev–Trinajstić information content (AvgIpc) is 3.17. The number of carbonyl (C=O) groups is 3. The number of nitrogens with one attached hydrogen (secondary N) is 1. The maximum atomic E-state index is 12.7. The molecular weight excluding hydrogens is 471 g/mol. The average molecular weight is 486 g/mol. The van der Waals surface area contributed by atoms with E-state index in [1.54, 1.807) is 0 Å². The third-order valence-electron chi connectivity index (χ3n) is 3.95. The molecule has 32 heavy (non-hydrogen) atoms. The number of guanidine groups is 1. The number of halogens is 1. The summed E-state index contributed by atoms with van der Waals surface area (Å²) in [5.74, 6) is -3.41. The van der Waals surface area contributed by atoms with Crippen molar-refractivity contribution in [3.8, 4) is 0 Å². The van der Waals surface area contributed by atoms with Gasteiger partial charge in [0.05, 0.1) is 6.21 Å². The molecule has 15 nitrogen and oxygen atoms in total. The molecule has 0 saturated carbocycles. The number of alkyl halides is 1. The quantitative estimate of drug-likeness (QED) is 0.114. The van der Waals surface area contributed by atoms with E-state index in [9.17, 15) is 23.9 Å². The molecule has 3 rings (SSSR count). The number of rotatable bonds is 8. The Labute approximate surface area is 186 Å². The number of nitrogens with two attached hydrogens (primary N) is 3. The Morgan fingerprint density at radius 1 is 1.44 bits per heavy atom. The Bertz CT molecular complexity index is 1070. The maximum Gasteiger partial charge on any atom is 0.353 e. The third-order valence-corrected chi connectivity index (χ3v) is 5.79. The van der Waals surface area contributed by atoms with Gasteiger partial charge in [-0.1, -0.05) is 5.16 Å². The number of β-lactam (4-membered cyclic amide) rings is 1. The van der Waals surface area contributed by atoms with Crippen molar-refractivity contribution in [1.29, 1.82) is 0 Å². The number of nitrogen functional groups attached to an aromatic ring is 1. The molecule has 1 aromatic heterocycles. The summed E-state index contributed by atoms with van der Waals surface area (Å²) in [7, 11) is 0. The summed E-state index contributed by atoms with van der Waals surface area (Å²) in [5.41, 5.74) is 15.2. The molecular formula is C14H15FN10O5S2. The van der Waals surface area contributed by atoms with E-state index in [0.29, 0.717) is 0 Å². The molecule has 0 radical (unpaired) electrons. The summed E-state index contributed by atoms with van der Waals surface area (Å²) in [4.78, 5) is 46.1. The molecule has 2 unspecified atom stereocenters. The number of carboxylic acids is 1. The monoisotopic (exact) mass is 486 g/mol. The second-order valence-electron chi connectivity index (χ2n) is 5.94. The SMILES string of the molecule is NC(N)=NN=CC1=C(C(=O)O)N2C(=O)C(NC(=O)C(=NOCF)c3nsc(N)n3)C2SC1. The van der Waals surface area contributed by atoms with Crippen molar-refractivity contribution in [3.05, 3.63) is 17.1 Å². The van der Waals surface area contributed by atoms with Gasteiger partial charge < -0.3 is 32.5 Å². The number of carboxylic acid groups (broad SMARTS) is 1. The molecule has 8 N–H and O–H groups in total. The van der Waals surface area contributed by atoms with Crippen LogP contribution < -0.4 is 22.5 Å². The molecule has 0 aliphatic carbocycles. The van der Waals surface area contributed by atoms with Gasteiger partial charge >= 0.3 is 5.97 Å². The molecule has 2 aliphatic rings. The summed E-state index contributed by atoms with van der Waals surface area (Å²) in [6.45, 7) is -1.32. The third kappa shape index (κ3) is 4.59. The van der Waals surface area contributed by atoms with Gasteiger partial charge in [0.25, 0.3) is 18.7 Å². The number of hydrogen-bond donors (Lipinski definition) is 5. The van der Waals surface area contributed by atoms with Gasteiger partial charge in [-0.15, -0.1) is 16.9 Å². The molecule has 1 fully saturated rings. The van der Waals surface area contributed by atoms with Crippen molar-refractivity contribution in [2.24, 2.45) is 26.8 Å². The van der Waals surface area contributed by atoms with Gasteiger partial charge in [-0.05, 0) is 0 Å². The molecule has 2 amide bonds. The van der Waals surface area contributed by atoms with Crippen molar-refractivity contribution in [3.63, 3.8) is 0 Å². The fraction of sp³-hybridized carbons (Fsp3) is 0.286. The largest absolute Gasteiger partial charge is 0.477 e. The molecule has 18 heteroatoms. The first-order valence-corrected chi connectivity index (χ1v) is 10.3. The second kappa shape index (κ2) is 9.56. The van der Waals surface area contributed by atoms with Crippen LogP contribution in [0.4, 0.5) is 9.52 Å². The Kier molecular flexibility index (Phi) is 6.83. The smallest absolute Gasteiger partial charge is 0.353 e. The highest BCUT2D eigenvalue weighted by Crippen LogP contribution is 2.39. The van der Waals surface area contributed by atoms with Gasteiger partial charge in [-0.3, -0.25) is 14.5 Å². The number of fused-ring (bicyclic) bond motifs is 1. The van der Waals surface area contributed by atoms with Crippen molar-refractivity contribution >= 4 is 64.1 Å². The zero-order chi connectivity index (χ0) is 23.4. The van der Waals surface area contributed by atoms with E-state index < -0.39 is 41.8 Å². The summed E-state index contributed by atoms with van der Waals surface area (Å²) in [5, 5.41) is 21.6. The first-order chi connectivity index (χ1) is 15.2. The van der Waals surface area contributed by atoms with Crippen LogP contribution in [0, 0.1) is 0 Å². The number of aliphatic carboxylic acids is 1. The van der Waals surface area contributed by atoms with Crippen LogP contribution in [0.3, 0.4) is 0 Å². The van der Waals surface area contributed by atoms with E-state index in [2.05, 4.69) is 34.9 Å². The number of amides is 2. The van der Waals surface area contributed by atoms with Crippen LogP contribution in [0.1, 0.15) is 5.82 Å². The molecule has 2 aliphatic heterocycles. The van der Waals surface area contributed by atoms with Crippen LogP contribution in [0.2, 0.25) is 0 Å². The van der Waals surface area contributed by atoms with E-state index in [-0.39, 0.29) is 33.9 Å². The summed E-state index contributed by atoms with van der Waals surface area (Å²) in [6.07, 6.45) is 1.13. The van der Waals surface area contributed by atoms with Gasteiger partial charge in [0, 0.05) is 22.9 Å². The molecule has 2 atom stereocenters. The minimum atomic E-state index is -1.37. The van der Waals surface area contributed by atoms with Crippen molar-refractivity contribution in [2.45, 2.75) is 11.4 Å². The highest BCUT2D eigenvalue weighted by molar-refractivity contribution is 8.00. The Morgan fingerprint density at radius 3 is 2.78 bits per heavy atom. The standard InChI is InChI=1S/C14H15FN10O5S2/c15-3-30-23-5(8-21-14(18)32-24-8)9(26)20-6-10(27)25-7(12(28)29)4(2-31-11(6)25)1-19-22-13(16)17/h1,6,11H,2-3H2,(H,20,26)(H,28,29)(H4,16,17,22)(H2,18,21,24). The number of aromatic nitrogens is 2. The highest BCUT2D eigenvalue weighted by Gasteiger charge is 2.54. The lowest BCUT2D eigenvalue weighted by molar-refractivity contribution is -0.150. The van der Waals surface area contributed by atoms with Crippen LogP contribution >= 0.6 is 23.3 Å². The first-order valence-electron chi connectivity index (χ1n) is 8.44. The Balaban J connectivity index is 1.80. The molecule has 1 saturated heterocycles. The van der Waals surface area contributed by atoms with Crippen LogP contribution in [-0.2, 0) is 19.2 Å². The maximum absolute atomic E-state index is 12.7.